The number of hydrogen-bond acceptors (Lipinski definition) is 17. The van der Waals surface area contributed by atoms with E-state index in [0.717, 1.165) is 32.3 Å². The topological polar surface area (TPSA) is 226 Å². The molecule has 0 radical (unpaired) electrons. The Hall–Kier alpha value is -4.46. The van der Waals surface area contributed by atoms with Gasteiger partial charge in [-0.25, -0.2) is 4.79 Å². The van der Waals surface area contributed by atoms with Crippen LogP contribution in [0.2, 0.25) is 0 Å². The fraction of sp³-hybridized carbons (Fsp3) is 0.667. The summed E-state index contributed by atoms with van der Waals surface area (Å²) >= 11 is 0. The molecule has 19 heteroatoms. The van der Waals surface area contributed by atoms with Gasteiger partial charge in [0.25, 0.3) is 0 Å². The smallest absolute Gasteiger partial charge is 0.351 e. The molecule has 2 aliphatic heterocycles. The normalized spacial score (nSPS) is 29.7. The Labute approximate surface area is 281 Å². The van der Waals surface area contributed by atoms with Crippen LogP contribution in [0.3, 0.4) is 0 Å². The number of aromatic nitrogens is 2. The summed E-state index contributed by atoms with van der Waals surface area (Å²) < 4.78 is 47.3. The van der Waals surface area contributed by atoms with Gasteiger partial charge in [-0.05, 0) is 27.1 Å². The van der Waals surface area contributed by atoms with E-state index in [0.29, 0.717) is 0 Å². The Balaban J connectivity index is 2.18. The highest BCUT2D eigenvalue weighted by Gasteiger charge is 2.56. The van der Waals surface area contributed by atoms with Crippen LogP contribution in [0.25, 0.3) is 0 Å². The minimum atomic E-state index is -1.60. The number of rotatable bonds is 11. The molecule has 2 aliphatic rings. The number of nitrogens with one attached hydrogen (secondary N) is 1. The van der Waals surface area contributed by atoms with Crippen LogP contribution in [0.5, 0.6) is 0 Å². The molecule has 1 amide bonds. The molecule has 1 aromatic heterocycles. The van der Waals surface area contributed by atoms with Crippen molar-refractivity contribution in [2.45, 2.75) is 110 Å². The van der Waals surface area contributed by atoms with Crippen LogP contribution >= 0.6 is 0 Å². The van der Waals surface area contributed by atoms with Gasteiger partial charge < -0.3 is 48.1 Å². The molecule has 0 bridgehead atoms. The van der Waals surface area contributed by atoms with Gasteiger partial charge >= 0.3 is 35.5 Å². The minimum Gasteiger partial charge on any atom is -0.463 e. The molecule has 0 spiro atoms. The van der Waals surface area contributed by atoms with E-state index in [9.17, 15) is 33.6 Å². The van der Waals surface area contributed by atoms with Gasteiger partial charge in [-0.15, -0.1) is 0 Å². The summed E-state index contributed by atoms with van der Waals surface area (Å²) in [5, 5.41) is 2.37. The zero-order valence-electron chi connectivity index (χ0n) is 28.6. The molecule has 0 saturated carbocycles. The van der Waals surface area contributed by atoms with Crippen molar-refractivity contribution < 1.29 is 66.7 Å². The van der Waals surface area contributed by atoms with Gasteiger partial charge in [0, 0.05) is 47.7 Å². The van der Waals surface area contributed by atoms with Crippen molar-refractivity contribution in [1.82, 2.24) is 14.5 Å². The lowest BCUT2D eigenvalue weighted by Crippen LogP contribution is -2.67. The lowest BCUT2D eigenvalue weighted by atomic mass is 9.94. The van der Waals surface area contributed by atoms with Crippen LogP contribution in [0.4, 0.5) is 5.82 Å². The van der Waals surface area contributed by atoms with Gasteiger partial charge in [0.15, 0.2) is 36.9 Å². The third-order valence-electron chi connectivity index (χ3n) is 7.32. The quantitative estimate of drug-likeness (QED) is 0.226. The number of carbonyl (C=O) groups excluding carboxylic acids is 6. The second-order valence-electron chi connectivity index (χ2n) is 11.6. The summed E-state index contributed by atoms with van der Waals surface area (Å²) in [7, 11) is 3.41. The van der Waals surface area contributed by atoms with E-state index < -0.39 is 109 Å². The van der Waals surface area contributed by atoms with Gasteiger partial charge in [0.05, 0.1) is 12.1 Å². The van der Waals surface area contributed by atoms with Crippen molar-refractivity contribution in [3.63, 3.8) is 0 Å². The maximum atomic E-state index is 13.2. The number of hydrogen-bond donors (Lipinski definition) is 1. The summed E-state index contributed by atoms with van der Waals surface area (Å²) in [5.74, 6) is -4.50. The first-order chi connectivity index (χ1) is 22.9. The molecular weight excluding hydrogens is 656 g/mol. The first-order valence-corrected chi connectivity index (χ1v) is 15.2. The molecule has 1 N–H and O–H groups in total. The Morgan fingerprint density at radius 1 is 0.796 bits per heavy atom. The molecule has 19 nitrogen and oxygen atoms in total. The SMILES string of the molecule is CC(=O)Nc1ccn(C2OC(COC(C)=O)C(OC3OC(C)C(N(C)C)C(OC(C)=O)C3OC(C)=O)C(OC(C)=O)C2OC(C)=O)c(=O)n1. The van der Waals surface area contributed by atoms with Crippen molar-refractivity contribution in [3.8, 4) is 0 Å². The highest BCUT2D eigenvalue weighted by atomic mass is 16.7. The maximum absolute atomic E-state index is 13.2. The van der Waals surface area contributed by atoms with E-state index in [2.05, 4.69) is 10.3 Å². The first kappa shape index (κ1) is 39.0. The third kappa shape index (κ3) is 10.3. The largest absolute Gasteiger partial charge is 0.463 e. The lowest BCUT2D eigenvalue weighted by molar-refractivity contribution is -0.340. The standard InChI is InChI=1S/C30H42N4O15/c1-13-22(33(8)9)24(44-16(4)37)27(47-19(7)40)29(43-13)49-23-20(12-42-15(3)36)48-28(26(46-18(6)39)25(23)45-17(5)38)34-11-10-21(31-14(2)35)32-30(34)41/h10-11,13,20,22-29H,12H2,1-9H3,(H,31,32,35,41). The molecule has 49 heavy (non-hydrogen) atoms. The predicted octanol–water partition coefficient (Wildman–Crippen LogP) is -0.551. The predicted molar refractivity (Wildman–Crippen MR) is 162 cm³/mol. The molecule has 0 aliphatic carbocycles. The molecule has 272 valence electrons. The number of anilines is 1. The minimum absolute atomic E-state index is 0.0822. The zero-order valence-corrected chi connectivity index (χ0v) is 28.6. The Morgan fingerprint density at radius 2 is 1.35 bits per heavy atom. The summed E-state index contributed by atoms with van der Waals surface area (Å²) in [6.45, 7) is 7.92. The summed E-state index contributed by atoms with van der Waals surface area (Å²) in [6.07, 6.45) is -11.2. The third-order valence-corrected chi connectivity index (χ3v) is 7.32. The van der Waals surface area contributed by atoms with Crippen molar-refractivity contribution in [2.24, 2.45) is 0 Å². The Kier molecular flexibility index (Phi) is 13.3. The van der Waals surface area contributed by atoms with Gasteiger partial charge in [-0.2, -0.15) is 4.98 Å². The second kappa shape index (κ2) is 16.8. The Morgan fingerprint density at radius 3 is 1.86 bits per heavy atom. The number of nitrogens with zero attached hydrogens (tertiary/aromatic N) is 3. The molecule has 10 unspecified atom stereocenters. The highest BCUT2D eigenvalue weighted by Crippen LogP contribution is 2.37. The number of carbonyl (C=O) groups is 6. The number of likely N-dealkylation sites (N-methyl/N-ethyl adjacent to an activating group) is 1. The average Bonchev–Trinajstić information content (AvgIpc) is 2.94. The first-order valence-electron chi connectivity index (χ1n) is 15.2. The van der Waals surface area contributed by atoms with E-state index in [1.807, 2.05) is 0 Å². The van der Waals surface area contributed by atoms with Crippen molar-refractivity contribution in [3.05, 3.63) is 22.7 Å². The molecule has 3 heterocycles. The van der Waals surface area contributed by atoms with Gasteiger partial charge in [-0.1, -0.05) is 0 Å². The van der Waals surface area contributed by atoms with Crippen molar-refractivity contribution in [1.29, 1.82) is 0 Å². The molecule has 10 atom stereocenters. The number of ether oxygens (including phenoxy) is 8. The maximum Gasteiger partial charge on any atom is 0.351 e. The van der Waals surface area contributed by atoms with Crippen LogP contribution < -0.4 is 11.0 Å². The number of amides is 1. The fourth-order valence-electron chi connectivity index (χ4n) is 5.72. The van der Waals surface area contributed by atoms with Crippen molar-refractivity contribution in [2.75, 3.05) is 26.0 Å². The summed E-state index contributed by atoms with van der Waals surface area (Å²) in [6, 6.07) is 0.647. The molecular formula is C30H42N4O15. The van der Waals surface area contributed by atoms with Crippen LogP contribution in [0, 0.1) is 0 Å². The van der Waals surface area contributed by atoms with E-state index in [4.69, 9.17) is 37.9 Å². The molecule has 0 aromatic carbocycles. The highest BCUT2D eigenvalue weighted by molar-refractivity contribution is 5.87. The average molecular weight is 699 g/mol. The fourth-order valence-corrected chi connectivity index (χ4v) is 5.72. The summed E-state index contributed by atoms with van der Waals surface area (Å²) in [5.41, 5.74) is -0.959. The molecule has 2 fully saturated rings. The molecule has 1 aromatic rings. The zero-order chi connectivity index (χ0) is 36.7. The lowest BCUT2D eigenvalue weighted by Gasteiger charge is -2.50. The van der Waals surface area contributed by atoms with E-state index in [1.54, 1.807) is 25.9 Å². The van der Waals surface area contributed by atoms with E-state index >= 15 is 0 Å². The van der Waals surface area contributed by atoms with E-state index in [-0.39, 0.29) is 5.82 Å². The molecule has 2 saturated heterocycles. The molecule has 3 rings (SSSR count). The van der Waals surface area contributed by atoms with Gasteiger partial charge in [0.2, 0.25) is 5.91 Å². The van der Waals surface area contributed by atoms with Crippen LogP contribution in [0.1, 0.15) is 54.7 Å². The second-order valence-corrected chi connectivity index (χ2v) is 11.6. The van der Waals surface area contributed by atoms with Crippen LogP contribution in [-0.2, 0) is 66.7 Å². The number of esters is 5. The Bertz CT molecular complexity index is 1460. The van der Waals surface area contributed by atoms with Crippen LogP contribution in [-0.4, -0.2) is 126 Å². The van der Waals surface area contributed by atoms with Crippen molar-refractivity contribution >= 4 is 41.6 Å². The van der Waals surface area contributed by atoms with Crippen LogP contribution in [0.15, 0.2) is 17.1 Å². The van der Waals surface area contributed by atoms with Gasteiger partial charge in [-0.3, -0.25) is 33.3 Å². The monoisotopic (exact) mass is 698 g/mol. The summed E-state index contributed by atoms with van der Waals surface area (Å²) in [4.78, 5) is 91.7. The van der Waals surface area contributed by atoms with Gasteiger partial charge in [0.1, 0.15) is 24.6 Å². The van der Waals surface area contributed by atoms with E-state index in [1.165, 1.54) is 26.1 Å².